The zero-order valence-corrected chi connectivity index (χ0v) is 30.4. The minimum Gasteiger partial charge on any atom is -0.463 e. The second-order valence-corrected chi connectivity index (χ2v) is 12.1. The lowest BCUT2D eigenvalue weighted by Crippen LogP contribution is -2.66. The summed E-state index contributed by atoms with van der Waals surface area (Å²) >= 11 is 0. The van der Waals surface area contributed by atoms with Gasteiger partial charge in [0.2, 0.25) is 0 Å². The van der Waals surface area contributed by atoms with Gasteiger partial charge in [0.15, 0.2) is 43.0 Å². The van der Waals surface area contributed by atoms with Crippen molar-refractivity contribution < 1.29 is 80.9 Å². The summed E-state index contributed by atoms with van der Waals surface area (Å²) < 4.78 is 58.3. The first-order valence-electron chi connectivity index (χ1n) is 16.6. The minimum atomic E-state index is -1.80. The number of ether oxygens (including phenoxy) is 10. The van der Waals surface area contributed by atoms with Crippen LogP contribution in [0.1, 0.15) is 54.7 Å². The molecule has 0 radical (unpaired) electrons. The molecule has 4 rings (SSSR count). The van der Waals surface area contributed by atoms with E-state index < -0.39 is 116 Å². The third-order valence-electron chi connectivity index (χ3n) is 7.74. The Balaban J connectivity index is 1.84. The predicted octanol–water partition coefficient (Wildman–Crippen LogP) is 0.737. The number of hydrogen-bond donors (Lipinski definition) is 0. The minimum absolute atomic E-state index is 0.400. The van der Waals surface area contributed by atoms with Gasteiger partial charge in [0.1, 0.15) is 37.2 Å². The highest BCUT2D eigenvalue weighted by atomic mass is 16.8. The van der Waals surface area contributed by atoms with Crippen LogP contribution in [0.4, 0.5) is 0 Å². The number of benzene rings is 1. The predicted molar refractivity (Wildman–Crippen MR) is 174 cm³/mol. The molecular formula is C34H41N3O17. The van der Waals surface area contributed by atoms with Gasteiger partial charge in [-0.3, -0.25) is 33.6 Å². The average Bonchev–Trinajstić information content (AvgIpc) is 3.57. The van der Waals surface area contributed by atoms with Crippen molar-refractivity contribution in [2.24, 2.45) is 0 Å². The first kappa shape index (κ1) is 41.3. The molecule has 2 aliphatic rings. The van der Waals surface area contributed by atoms with E-state index in [9.17, 15) is 33.6 Å². The van der Waals surface area contributed by atoms with Crippen molar-refractivity contribution in [2.75, 3.05) is 13.2 Å². The quantitative estimate of drug-likeness (QED) is 0.202. The Labute approximate surface area is 308 Å². The van der Waals surface area contributed by atoms with Crippen LogP contribution in [0.5, 0.6) is 0 Å². The molecule has 1 aromatic heterocycles. The summed E-state index contributed by atoms with van der Waals surface area (Å²) in [6, 6.07) is 8.94. The summed E-state index contributed by atoms with van der Waals surface area (Å²) in [6.45, 7) is 6.42. The van der Waals surface area contributed by atoms with Crippen LogP contribution in [0.2, 0.25) is 0 Å². The normalized spacial score (nSPS) is 27.8. The molecule has 0 spiro atoms. The van der Waals surface area contributed by atoms with Crippen LogP contribution in [0, 0.1) is 0 Å². The van der Waals surface area contributed by atoms with Gasteiger partial charge < -0.3 is 47.4 Å². The SMILES string of the molecule is CC(=O)OC[C@H]1O[C@@H](n2cc(-c3ccccc3)nn2)[C@H](OC(C)=O)[C@@H](OC(C)=O)[C@@H]1O[C@@H]1O[C@H](COC(C)=O)[C@@H](OC(C)=O)[C@H](OC(C)=O)[C@H]1OC(C)=O. The zero-order valence-electron chi connectivity index (χ0n) is 30.4. The van der Waals surface area contributed by atoms with Crippen LogP contribution in [0.15, 0.2) is 36.5 Å². The van der Waals surface area contributed by atoms with Gasteiger partial charge in [-0.25, -0.2) is 4.68 Å². The molecular weight excluding hydrogens is 722 g/mol. The van der Waals surface area contributed by atoms with E-state index >= 15 is 0 Å². The topological polar surface area (TPSA) is 242 Å². The summed E-state index contributed by atoms with van der Waals surface area (Å²) in [6.07, 6.45) is -14.0. The van der Waals surface area contributed by atoms with E-state index in [1.807, 2.05) is 6.07 Å². The van der Waals surface area contributed by atoms with E-state index in [-0.39, 0.29) is 0 Å². The number of esters is 7. The number of rotatable bonds is 13. The largest absolute Gasteiger partial charge is 0.463 e. The number of carbonyl (C=O) groups is 7. The maximum absolute atomic E-state index is 12.7. The van der Waals surface area contributed by atoms with E-state index in [1.54, 1.807) is 24.3 Å². The van der Waals surface area contributed by atoms with Gasteiger partial charge in [-0.15, -0.1) is 5.10 Å². The molecule has 0 amide bonds. The Hall–Kier alpha value is -5.47. The highest BCUT2D eigenvalue weighted by molar-refractivity contribution is 5.69. The second-order valence-electron chi connectivity index (χ2n) is 12.1. The van der Waals surface area contributed by atoms with Crippen molar-refractivity contribution >= 4 is 41.8 Å². The third-order valence-corrected chi connectivity index (χ3v) is 7.74. The highest BCUT2D eigenvalue weighted by Crippen LogP contribution is 2.38. The Morgan fingerprint density at radius 3 is 1.56 bits per heavy atom. The van der Waals surface area contributed by atoms with Gasteiger partial charge in [-0.2, -0.15) is 0 Å². The molecule has 0 saturated carbocycles. The number of carbonyl (C=O) groups excluding carboxylic acids is 7. The summed E-state index contributed by atoms with van der Waals surface area (Å²) in [4.78, 5) is 86.2. The molecule has 0 unspecified atom stereocenters. The molecule has 2 fully saturated rings. The van der Waals surface area contributed by atoms with Crippen molar-refractivity contribution in [2.45, 2.75) is 110 Å². The standard InChI is InChI=1S/C34H41N3O17/c1-16(38)45-14-25-28(54-34-32(51-22(7)44)30(49-20(5)42)27(47-18(3)40)26(53-34)15-46-17(2)39)29(48-19(4)41)31(50-21(6)43)33(52-25)37-13-24(35-36-37)23-11-9-8-10-12-23/h8-13,25-34H,14-15H2,1-7H3/t25-,26-,27-,28-,29+,30+,31-,32-,33-,34+/m1/s1. The van der Waals surface area contributed by atoms with Crippen molar-refractivity contribution in [3.63, 3.8) is 0 Å². The molecule has 0 bridgehead atoms. The summed E-state index contributed by atoms with van der Waals surface area (Å²) in [5, 5.41) is 8.36. The molecule has 20 heteroatoms. The summed E-state index contributed by atoms with van der Waals surface area (Å²) in [5.41, 5.74) is 1.08. The van der Waals surface area contributed by atoms with Crippen LogP contribution >= 0.6 is 0 Å². The van der Waals surface area contributed by atoms with E-state index in [0.29, 0.717) is 11.3 Å². The highest BCUT2D eigenvalue weighted by Gasteiger charge is 2.58. The molecule has 2 aliphatic heterocycles. The van der Waals surface area contributed by atoms with E-state index in [4.69, 9.17) is 47.4 Å². The number of hydrogen-bond acceptors (Lipinski definition) is 19. The van der Waals surface area contributed by atoms with E-state index in [2.05, 4.69) is 10.3 Å². The van der Waals surface area contributed by atoms with Gasteiger partial charge in [-0.1, -0.05) is 35.5 Å². The molecule has 1 aromatic carbocycles. The number of nitrogens with zero attached hydrogens (tertiary/aromatic N) is 3. The Morgan fingerprint density at radius 2 is 1.04 bits per heavy atom. The molecule has 294 valence electrons. The fraction of sp³-hybridized carbons (Fsp3) is 0.559. The van der Waals surface area contributed by atoms with Gasteiger partial charge in [-0.05, 0) is 0 Å². The molecule has 0 N–H and O–H groups in total. The van der Waals surface area contributed by atoms with Crippen LogP contribution in [0.25, 0.3) is 11.3 Å². The lowest BCUT2D eigenvalue weighted by molar-refractivity contribution is -0.349. The van der Waals surface area contributed by atoms with Crippen molar-refractivity contribution in [3.8, 4) is 11.3 Å². The molecule has 3 heterocycles. The lowest BCUT2D eigenvalue weighted by Gasteiger charge is -2.48. The maximum atomic E-state index is 12.7. The number of aromatic nitrogens is 3. The van der Waals surface area contributed by atoms with Gasteiger partial charge >= 0.3 is 41.8 Å². The molecule has 54 heavy (non-hydrogen) atoms. The molecule has 2 aromatic rings. The van der Waals surface area contributed by atoms with Crippen molar-refractivity contribution in [3.05, 3.63) is 36.5 Å². The first-order chi connectivity index (χ1) is 25.5. The zero-order chi connectivity index (χ0) is 39.7. The molecule has 20 nitrogen and oxygen atoms in total. The maximum Gasteiger partial charge on any atom is 0.303 e. The van der Waals surface area contributed by atoms with Crippen molar-refractivity contribution in [1.82, 2.24) is 15.0 Å². The van der Waals surface area contributed by atoms with Crippen LogP contribution in [-0.4, -0.2) is 125 Å². The van der Waals surface area contributed by atoms with Crippen LogP contribution in [0.3, 0.4) is 0 Å². The molecule has 0 aliphatic carbocycles. The average molecular weight is 764 g/mol. The smallest absolute Gasteiger partial charge is 0.303 e. The molecule has 10 atom stereocenters. The van der Waals surface area contributed by atoms with E-state index in [1.165, 1.54) is 10.9 Å². The Morgan fingerprint density at radius 1 is 0.574 bits per heavy atom. The van der Waals surface area contributed by atoms with Gasteiger partial charge in [0.25, 0.3) is 0 Å². The summed E-state index contributed by atoms with van der Waals surface area (Å²) in [5.74, 6) is -5.86. The third kappa shape index (κ3) is 11.0. The van der Waals surface area contributed by atoms with Crippen molar-refractivity contribution in [1.29, 1.82) is 0 Å². The molecule has 2 saturated heterocycles. The Bertz CT molecular complexity index is 1680. The first-order valence-corrected chi connectivity index (χ1v) is 16.6. The van der Waals surface area contributed by atoms with Gasteiger partial charge in [0.05, 0.1) is 6.20 Å². The van der Waals surface area contributed by atoms with Crippen LogP contribution < -0.4 is 0 Å². The van der Waals surface area contributed by atoms with Gasteiger partial charge in [0, 0.05) is 54.0 Å². The lowest BCUT2D eigenvalue weighted by atomic mass is 9.95. The summed E-state index contributed by atoms with van der Waals surface area (Å²) in [7, 11) is 0. The Kier molecular flexibility index (Phi) is 14.2. The second kappa shape index (κ2) is 18.5. The monoisotopic (exact) mass is 763 g/mol. The van der Waals surface area contributed by atoms with Crippen LogP contribution in [-0.2, 0) is 80.9 Å². The fourth-order valence-electron chi connectivity index (χ4n) is 5.84. The fourth-order valence-corrected chi connectivity index (χ4v) is 5.84. The van der Waals surface area contributed by atoms with E-state index in [0.717, 1.165) is 48.5 Å².